The lowest BCUT2D eigenvalue weighted by Crippen LogP contribution is -2.15. The van der Waals surface area contributed by atoms with Crippen molar-refractivity contribution in [3.8, 4) is 5.75 Å². The van der Waals surface area contributed by atoms with E-state index in [4.69, 9.17) is 4.74 Å². The van der Waals surface area contributed by atoms with E-state index in [2.05, 4.69) is 37.3 Å². The van der Waals surface area contributed by atoms with Crippen molar-refractivity contribution in [1.29, 1.82) is 0 Å². The Bertz CT molecular complexity index is 552. The van der Waals surface area contributed by atoms with Crippen LogP contribution in [-0.2, 0) is 6.42 Å². The molecule has 0 aliphatic carbocycles. The number of nitrogens with zero attached hydrogens (tertiary/aromatic N) is 1. The molecule has 0 aliphatic rings. The van der Waals surface area contributed by atoms with Crippen molar-refractivity contribution in [2.75, 3.05) is 20.2 Å². The number of hydroxylamine groups is 2. The molecule has 0 bridgehead atoms. The summed E-state index contributed by atoms with van der Waals surface area (Å²) in [6, 6.07) is 12.6. The van der Waals surface area contributed by atoms with Gasteiger partial charge in [-0.3, -0.25) is 0 Å². The molecule has 0 heterocycles. The molecule has 0 aromatic heterocycles. The Morgan fingerprint density at radius 1 is 1.10 bits per heavy atom. The minimum Gasteiger partial charge on any atom is -0.494 e. The van der Waals surface area contributed by atoms with Crippen molar-refractivity contribution < 1.29 is 9.94 Å². The minimum atomic E-state index is 0.637. The summed E-state index contributed by atoms with van der Waals surface area (Å²) < 4.78 is 5.74. The van der Waals surface area contributed by atoms with Crippen molar-refractivity contribution in [1.82, 2.24) is 5.06 Å². The first kappa shape index (κ1) is 14.8. The molecule has 1 N–H and O–H groups in total. The van der Waals surface area contributed by atoms with Crippen LogP contribution < -0.4 is 4.74 Å². The first-order chi connectivity index (χ1) is 9.69. The van der Waals surface area contributed by atoms with Crippen LogP contribution in [0, 0.1) is 0 Å². The van der Waals surface area contributed by atoms with E-state index < -0.39 is 0 Å². The van der Waals surface area contributed by atoms with Crippen molar-refractivity contribution >= 4 is 10.8 Å². The third-order valence-corrected chi connectivity index (χ3v) is 3.37. The number of benzene rings is 2. The fourth-order valence-corrected chi connectivity index (χ4v) is 2.14. The quantitative estimate of drug-likeness (QED) is 0.614. The maximum Gasteiger partial charge on any atom is 0.119 e. The van der Waals surface area contributed by atoms with Gasteiger partial charge >= 0.3 is 0 Å². The summed E-state index contributed by atoms with van der Waals surface area (Å²) in [5.74, 6) is 0.933. The van der Waals surface area contributed by atoms with Crippen LogP contribution in [-0.4, -0.2) is 30.5 Å². The van der Waals surface area contributed by atoms with Gasteiger partial charge in [-0.25, -0.2) is 0 Å². The van der Waals surface area contributed by atoms with E-state index >= 15 is 0 Å². The topological polar surface area (TPSA) is 32.7 Å². The second-order valence-electron chi connectivity index (χ2n) is 5.18. The minimum absolute atomic E-state index is 0.637. The van der Waals surface area contributed by atoms with Gasteiger partial charge in [0.05, 0.1) is 6.61 Å². The van der Waals surface area contributed by atoms with Crippen molar-refractivity contribution in [3.63, 3.8) is 0 Å². The van der Waals surface area contributed by atoms with Crippen LogP contribution in [0.2, 0.25) is 0 Å². The Morgan fingerprint density at radius 3 is 2.65 bits per heavy atom. The second kappa shape index (κ2) is 7.27. The van der Waals surface area contributed by atoms with Gasteiger partial charge in [-0.2, -0.15) is 5.06 Å². The zero-order valence-electron chi connectivity index (χ0n) is 12.3. The number of unbranched alkanes of at least 4 members (excludes halogenated alkanes) is 1. The van der Waals surface area contributed by atoms with Gasteiger partial charge in [0.1, 0.15) is 5.75 Å². The normalized spacial score (nSPS) is 11.2. The van der Waals surface area contributed by atoms with Gasteiger partial charge in [-0.05, 0) is 41.3 Å². The Balaban J connectivity index is 2.12. The van der Waals surface area contributed by atoms with Gasteiger partial charge in [0.25, 0.3) is 0 Å². The highest BCUT2D eigenvalue weighted by molar-refractivity contribution is 5.84. The molecule has 0 spiro atoms. The van der Waals surface area contributed by atoms with Crippen molar-refractivity contribution in [3.05, 3.63) is 42.0 Å². The molecule has 20 heavy (non-hydrogen) atoms. The van der Waals surface area contributed by atoms with Gasteiger partial charge in [-0.15, -0.1) is 0 Å². The molecule has 0 atom stereocenters. The maximum absolute atomic E-state index is 9.20. The van der Waals surface area contributed by atoms with Gasteiger partial charge in [0.2, 0.25) is 0 Å². The average Bonchev–Trinajstić information content (AvgIpc) is 2.45. The molecule has 0 unspecified atom stereocenters. The van der Waals surface area contributed by atoms with Crippen LogP contribution in [0.25, 0.3) is 10.8 Å². The van der Waals surface area contributed by atoms with E-state index in [1.54, 1.807) is 7.05 Å². The predicted molar refractivity (Wildman–Crippen MR) is 82.5 cm³/mol. The smallest absolute Gasteiger partial charge is 0.119 e. The number of ether oxygens (including phenoxy) is 1. The molecule has 0 amide bonds. The fourth-order valence-electron chi connectivity index (χ4n) is 2.14. The lowest BCUT2D eigenvalue weighted by atomic mass is 10.0. The summed E-state index contributed by atoms with van der Waals surface area (Å²) >= 11 is 0. The van der Waals surface area contributed by atoms with E-state index in [1.165, 1.54) is 21.4 Å². The summed E-state index contributed by atoms with van der Waals surface area (Å²) in [4.78, 5) is 0. The largest absolute Gasteiger partial charge is 0.494 e. The number of fused-ring (bicyclic) bond motifs is 1. The van der Waals surface area contributed by atoms with Crippen LogP contribution in [0.15, 0.2) is 36.4 Å². The highest BCUT2D eigenvalue weighted by Gasteiger charge is 2.01. The molecule has 3 nitrogen and oxygen atoms in total. The molecule has 108 valence electrons. The Hall–Kier alpha value is -1.58. The molecule has 2 aromatic carbocycles. The predicted octanol–water partition coefficient (Wildman–Crippen LogP) is 3.88. The molecule has 0 saturated heterocycles. The van der Waals surface area contributed by atoms with E-state index in [-0.39, 0.29) is 0 Å². The lowest BCUT2D eigenvalue weighted by molar-refractivity contribution is -0.0634. The molecule has 2 aromatic rings. The fraction of sp³-hybridized carbons (Fsp3) is 0.412. The molecular formula is C17H23NO2. The molecule has 0 saturated carbocycles. The Kier molecular flexibility index (Phi) is 5.39. The van der Waals surface area contributed by atoms with Gasteiger partial charge in [-0.1, -0.05) is 37.6 Å². The van der Waals surface area contributed by atoms with Crippen LogP contribution in [0.3, 0.4) is 0 Å². The van der Waals surface area contributed by atoms with E-state index in [0.717, 1.165) is 31.6 Å². The van der Waals surface area contributed by atoms with Crippen LogP contribution >= 0.6 is 0 Å². The van der Waals surface area contributed by atoms with E-state index in [9.17, 15) is 5.21 Å². The maximum atomic E-state index is 9.20. The summed E-state index contributed by atoms with van der Waals surface area (Å²) in [6.45, 7) is 3.57. The van der Waals surface area contributed by atoms with Crippen molar-refractivity contribution in [2.45, 2.75) is 26.2 Å². The SMILES string of the molecule is CCCCOc1ccc2ccc(CCN(C)O)cc2c1. The number of hydrogen-bond donors (Lipinski definition) is 1. The molecule has 2 rings (SSSR count). The number of hydrogen-bond acceptors (Lipinski definition) is 3. The van der Waals surface area contributed by atoms with Crippen LogP contribution in [0.5, 0.6) is 5.75 Å². The third kappa shape index (κ3) is 4.22. The number of likely N-dealkylation sites (N-methyl/N-ethyl adjacent to an activating group) is 1. The van der Waals surface area contributed by atoms with Gasteiger partial charge < -0.3 is 9.94 Å². The van der Waals surface area contributed by atoms with Gasteiger partial charge in [0, 0.05) is 13.6 Å². The monoisotopic (exact) mass is 273 g/mol. The lowest BCUT2D eigenvalue weighted by Gasteiger charge is -2.10. The summed E-state index contributed by atoms with van der Waals surface area (Å²) in [6.07, 6.45) is 3.07. The molecule has 0 fully saturated rings. The zero-order valence-corrected chi connectivity index (χ0v) is 12.3. The summed E-state index contributed by atoms with van der Waals surface area (Å²) in [7, 11) is 1.67. The standard InChI is InChI=1S/C17H23NO2/c1-3-4-11-20-17-8-7-15-6-5-14(9-10-18(2)19)12-16(15)13-17/h5-8,12-13,19H,3-4,9-11H2,1-2H3. The van der Waals surface area contributed by atoms with Crippen LogP contribution in [0.4, 0.5) is 0 Å². The molecule has 0 aliphatic heterocycles. The molecular weight excluding hydrogens is 250 g/mol. The second-order valence-corrected chi connectivity index (χ2v) is 5.18. The summed E-state index contributed by atoms with van der Waals surface area (Å²) in [5, 5.41) is 12.8. The third-order valence-electron chi connectivity index (χ3n) is 3.37. The Labute approximate surface area is 120 Å². The number of rotatable bonds is 7. The first-order valence-corrected chi connectivity index (χ1v) is 7.24. The molecule has 0 radical (unpaired) electrons. The Morgan fingerprint density at radius 2 is 1.90 bits per heavy atom. The zero-order chi connectivity index (χ0) is 14.4. The van der Waals surface area contributed by atoms with Crippen LogP contribution in [0.1, 0.15) is 25.3 Å². The van der Waals surface area contributed by atoms with Crippen molar-refractivity contribution in [2.24, 2.45) is 0 Å². The molecule has 3 heteroatoms. The average molecular weight is 273 g/mol. The van der Waals surface area contributed by atoms with E-state index in [1.807, 2.05) is 6.07 Å². The van der Waals surface area contributed by atoms with E-state index in [0.29, 0.717) is 6.54 Å². The summed E-state index contributed by atoms with van der Waals surface area (Å²) in [5.41, 5.74) is 1.23. The first-order valence-electron chi connectivity index (χ1n) is 7.24. The van der Waals surface area contributed by atoms with Gasteiger partial charge in [0.15, 0.2) is 0 Å². The highest BCUT2D eigenvalue weighted by Crippen LogP contribution is 2.22. The highest BCUT2D eigenvalue weighted by atomic mass is 16.5.